The summed E-state index contributed by atoms with van der Waals surface area (Å²) in [6.07, 6.45) is 2.05. The lowest BCUT2D eigenvalue weighted by atomic mass is 10.1. The van der Waals surface area contributed by atoms with Crippen LogP contribution in [-0.2, 0) is 6.42 Å². The molecule has 4 heteroatoms. The molecule has 0 atom stereocenters. The Labute approximate surface area is 114 Å². The highest BCUT2D eigenvalue weighted by Crippen LogP contribution is 2.17. The SMILES string of the molecule is NCCCc1cccc(N(CCCl)CCCl)c1. The molecule has 2 nitrogen and oxygen atoms in total. The molecule has 0 amide bonds. The Balaban J connectivity index is 2.72. The maximum Gasteiger partial charge on any atom is 0.0399 e. The average Bonchev–Trinajstić information content (AvgIpc) is 2.36. The van der Waals surface area contributed by atoms with Gasteiger partial charge in [0.1, 0.15) is 0 Å². The van der Waals surface area contributed by atoms with Crippen LogP contribution in [0.4, 0.5) is 5.69 Å². The van der Waals surface area contributed by atoms with Gasteiger partial charge in [-0.1, -0.05) is 12.1 Å². The predicted molar refractivity (Wildman–Crippen MR) is 77.5 cm³/mol. The zero-order valence-electron chi connectivity index (χ0n) is 10.0. The fourth-order valence-electron chi connectivity index (χ4n) is 1.79. The molecule has 0 radical (unpaired) electrons. The summed E-state index contributed by atoms with van der Waals surface area (Å²) in [6.45, 7) is 2.39. The van der Waals surface area contributed by atoms with Crippen LogP contribution in [0, 0.1) is 0 Å². The van der Waals surface area contributed by atoms with Gasteiger partial charge in [-0.25, -0.2) is 0 Å². The summed E-state index contributed by atoms with van der Waals surface area (Å²) in [7, 11) is 0. The molecule has 0 saturated heterocycles. The number of halogens is 2. The molecule has 0 spiro atoms. The second kappa shape index (κ2) is 8.62. The number of anilines is 1. The van der Waals surface area contributed by atoms with E-state index in [1.165, 1.54) is 11.3 Å². The summed E-state index contributed by atoms with van der Waals surface area (Å²) in [4.78, 5) is 2.21. The van der Waals surface area contributed by atoms with Gasteiger partial charge in [0.2, 0.25) is 0 Å². The van der Waals surface area contributed by atoms with Crippen LogP contribution in [0.2, 0.25) is 0 Å². The Kier molecular flexibility index (Phi) is 7.41. The van der Waals surface area contributed by atoms with Crippen molar-refractivity contribution in [3.63, 3.8) is 0 Å². The molecule has 0 aliphatic rings. The molecule has 0 aliphatic heterocycles. The van der Waals surface area contributed by atoms with E-state index < -0.39 is 0 Å². The summed E-state index contributed by atoms with van der Waals surface area (Å²) < 4.78 is 0. The molecule has 1 aromatic rings. The third-order valence-corrected chi connectivity index (χ3v) is 2.99. The number of benzene rings is 1. The topological polar surface area (TPSA) is 29.3 Å². The molecule has 0 aromatic heterocycles. The quantitative estimate of drug-likeness (QED) is 0.739. The van der Waals surface area contributed by atoms with Crippen LogP contribution in [0.25, 0.3) is 0 Å². The Morgan fingerprint density at radius 3 is 2.41 bits per heavy atom. The minimum Gasteiger partial charge on any atom is -0.369 e. The highest BCUT2D eigenvalue weighted by atomic mass is 35.5. The maximum atomic E-state index is 5.80. The first-order valence-corrected chi connectivity index (χ1v) is 7.04. The van der Waals surface area contributed by atoms with E-state index >= 15 is 0 Å². The third kappa shape index (κ3) is 5.15. The fourth-order valence-corrected chi connectivity index (χ4v) is 2.20. The minimum absolute atomic E-state index is 0.615. The second-order valence-corrected chi connectivity index (χ2v) is 4.68. The van der Waals surface area contributed by atoms with Gasteiger partial charge in [-0.2, -0.15) is 0 Å². The van der Waals surface area contributed by atoms with Crippen molar-refractivity contribution in [2.45, 2.75) is 12.8 Å². The second-order valence-electron chi connectivity index (χ2n) is 3.93. The molecule has 96 valence electrons. The van der Waals surface area contributed by atoms with Crippen molar-refractivity contribution in [1.82, 2.24) is 0 Å². The van der Waals surface area contributed by atoms with E-state index in [4.69, 9.17) is 28.9 Å². The Morgan fingerprint density at radius 2 is 1.82 bits per heavy atom. The molecule has 0 bridgehead atoms. The van der Waals surface area contributed by atoms with Crippen molar-refractivity contribution >= 4 is 28.9 Å². The first-order valence-electron chi connectivity index (χ1n) is 5.97. The molecule has 0 saturated carbocycles. The maximum absolute atomic E-state index is 5.80. The van der Waals surface area contributed by atoms with Gasteiger partial charge in [-0.15, -0.1) is 23.2 Å². The van der Waals surface area contributed by atoms with Crippen LogP contribution in [0.1, 0.15) is 12.0 Å². The molecule has 0 fully saturated rings. The zero-order valence-corrected chi connectivity index (χ0v) is 11.6. The smallest absolute Gasteiger partial charge is 0.0399 e. The first-order chi connectivity index (χ1) is 8.31. The van der Waals surface area contributed by atoms with Crippen molar-refractivity contribution in [3.8, 4) is 0 Å². The molecule has 0 heterocycles. The highest BCUT2D eigenvalue weighted by molar-refractivity contribution is 6.18. The number of nitrogens with zero attached hydrogens (tertiary/aromatic N) is 1. The van der Waals surface area contributed by atoms with Gasteiger partial charge in [0.25, 0.3) is 0 Å². The normalized spacial score (nSPS) is 10.5. The van der Waals surface area contributed by atoms with Crippen LogP contribution >= 0.6 is 23.2 Å². The van der Waals surface area contributed by atoms with Crippen molar-refractivity contribution in [2.75, 3.05) is 36.3 Å². The summed E-state index contributed by atoms with van der Waals surface area (Å²) >= 11 is 11.6. The van der Waals surface area contributed by atoms with Crippen molar-refractivity contribution < 1.29 is 0 Å². The van der Waals surface area contributed by atoms with Gasteiger partial charge >= 0.3 is 0 Å². The van der Waals surface area contributed by atoms with E-state index in [-0.39, 0.29) is 0 Å². The number of nitrogens with two attached hydrogens (primary N) is 1. The Bertz CT molecular complexity index is 312. The lowest BCUT2D eigenvalue weighted by molar-refractivity contribution is 0.828. The predicted octanol–water partition coefficient (Wildman–Crippen LogP) is 2.86. The standard InChI is InChI=1S/C13H20Cl2N2/c14-6-9-17(10-7-15)13-5-1-3-12(11-13)4-2-8-16/h1,3,5,11H,2,4,6-10,16H2. The molecular formula is C13H20Cl2N2. The minimum atomic E-state index is 0.615. The average molecular weight is 275 g/mol. The molecule has 17 heavy (non-hydrogen) atoms. The lowest BCUT2D eigenvalue weighted by Gasteiger charge is -2.23. The van der Waals surface area contributed by atoms with E-state index in [1.54, 1.807) is 0 Å². The summed E-state index contributed by atoms with van der Waals surface area (Å²) in [5.41, 5.74) is 8.04. The Morgan fingerprint density at radius 1 is 1.12 bits per heavy atom. The van der Waals surface area contributed by atoms with Gasteiger partial charge in [0, 0.05) is 30.5 Å². The van der Waals surface area contributed by atoms with Crippen LogP contribution in [0.15, 0.2) is 24.3 Å². The number of aryl methyl sites for hydroxylation is 1. The molecule has 0 aliphatic carbocycles. The zero-order chi connectivity index (χ0) is 12.5. The first kappa shape index (κ1) is 14.6. The molecule has 1 rings (SSSR count). The van der Waals surface area contributed by atoms with E-state index in [9.17, 15) is 0 Å². The number of rotatable bonds is 8. The highest BCUT2D eigenvalue weighted by Gasteiger charge is 2.05. The van der Waals surface area contributed by atoms with Crippen molar-refractivity contribution in [3.05, 3.63) is 29.8 Å². The van der Waals surface area contributed by atoms with Crippen LogP contribution < -0.4 is 10.6 Å². The molecule has 2 N–H and O–H groups in total. The van der Waals surface area contributed by atoms with Crippen molar-refractivity contribution in [1.29, 1.82) is 0 Å². The third-order valence-electron chi connectivity index (χ3n) is 2.65. The monoisotopic (exact) mass is 274 g/mol. The van der Waals surface area contributed by atoms with E-state index in [2.05, 4.69) is 29.2 Å². The van der Waals surface area contributed by atoms with Gasteiger partial charge < -0.3 is 10.6 Å². The van der Waals surface area contributed by atoms with Crippen molar-refractivity contribution in [2.24, 2.45) is 5.73 Å². The fraction of sp³-hybridized carbons (Fsp3) is 0.538. The van der Waals surface area contributed by atoms with Gasteiger partial charge in [-0.3, -0.25) is 0 Å². The van der Waals surface area contributed by atoms with Gasteiger partial charge in [-0.05, 0) is 37.1 Å². The van der Waals surface area contributed by atoms with E-state index in [0.717, 1.165) is 32.5 Å². The van der Waals surface area contributed by atoms with Gasteiger partial charge in [0.15, 0.2) is 0 Å². The Hall–Kier alpha value is -0.440. The number of hydrogen-bond donors (Lipinski definition) is 1. The molecular weight excluding hydrogens is 255 g/mol. The van der Waals surface area contributed by atoms with Crippen LogP contribution in [0.5, 0.6) is 0 Å². The molecule has 1 aromatic carbocycles. The summed E-state index contributed by atoms with van der Waals surface area (Å²) in [5, 5.41) is 0. The lowest BCUT2D eigenvalue weighted by Crippen LogP contribution is -2.27. The molecule has 0 unspecified atom stereocenters. The van der Waals surface area contributed by atoms with Gasteiger partial charge in [0.05, 0.1) is 0 Å². The van der Waals surface area contributed by atoms with E-state index in [0.29, 0.717) is 11.8 Å². The van der Waals surface area contributed by atoms with Crippen LogP contribution in [0.3, 0.4) is 0 Å². The van der Waals surface area contributed by atoms with Crippen LogP contribution in [-0.4, -0.2) is 31.4 Å². The largest absolute Gasteiger partial charge is 0.369 e. The summed E-state index contributed by atoms with van der Waals surface area (Å²) in [6, 6.07) is 8.52. The summed E-state index contributed by atoms with van der Waals surface area (Å²) in [5.74, 6) is 1.23. The number of alkyl halides is 2. The number of hydrogen-bond acceptors (Lipinski definition) is 2. The van der Waals surface area contributed by atoms with E-state index in [1.807, 2.05) is 0 Å².